The number of aromatic nitrogens is 1. The van der Waals surface area contributed by atoms with Crippen molar-refractivity contribution in [2.45, 2.75) is 6.92 Å². The number of nitrogen functional groups attached to an aromatic ring is 1. The first-order valence-corrected chi connectivity index (χ1v) is 6.59. The molecule has 100 valence electrons. The quantitative estimate of drug-likeness (QED) is 0.701. The summed E-state index contributed by atoms with van der Waals surface area (Å²) in [6.45, 7) is 1.96. The Morgan fingerprint density at radius 2 is 1.85 bits per heavy atom. The van der Waals surface area contributed by atoms with Gasteiger partial charge in [-0.3, -0.25) is 4.98 Å². The molecule has 0 bridgehead atoms. The Bertz CT molecular complexity index is 787. The van der Waals surface area contributed by atoms with Gasteiger partial charge in [-0.1, -0.05) is 11.6 Å². The lowest BCUT2D eigenvalue weighted by Crippen LogP contribution is -1.92. The molecule has 4 heteroatoms. The molecular formula is C16H13ClN2O. The van der Waals surface area contributed by atoms with E-state index in [-0.39, 0.29) is 0 Å². The van der Waals surface area contributed by atoms with Crippen LogP contribution in [0.5, 0.6) is 11.5 Å². The summed E-state index contributed by atoms with van der Waals surface area (Å²) in [5.74, 6) is 1.50. The molecule has 3 rings (SSSR count). The Labute approximate surface area is 122 Å². The molecular weight excluding hydrogens is 272 g/mol. The van der Waals surface area contributed by atoms with Crippen molar-refractivity contribution in [2.75, 3.05) is 5.73 Å². The van der Waals surface area contributed by atoms with E-state index in [1.165, 1.54) is 0 Å². The van der Waals surface area contributed by atoms with Gasteiger partial charge in [-0.15, -0.1) is 0 Å². The minimum atomic E-state index is 0.693. The van der Waals surface area contributed by atoms with Gasteiger partial charge in [-0.05, 0) is 48.9 Å². The predicted molar refractivity (Wildman–Crippen MR) is 82.4 cm³/mol. The van der Waals surface area contributed by atoms with Crippen LogP contribution in [0.2, 0.25) is 5.02 Å². The average molecular weight is 285 g/mol. The van der Waals surface area contributed by atoms with Crippen molar-refractivity contribution in [3.63, 3.8) is 0 Å². The molecule has 2 aromatic carbocycles. The maximum Gasteiger partial charge on any atom is 0.136 e. The van der Waals surface area contributed by atoms with Crippen LogP contribution in [-0.2, 0) is 0 Å². The number of nitrogens with two attached hydrogens (primary N) is 1. The van der Waals surface area contributed by atoms with Crippen LogP contribution in [0.3, 0.4) is 0 Å². The number of pyridine rings is 1. The van der Waals surface area contributed by atoms with Gasteiger partial charge in [0.25, 0.3) is 0 Å². The van der Waals surface area contributed by atoms with Crippen molar-refractivity contribution in [3.05, 3.63) is 59.4 Å². The monoisotopic (exact) mass is 284 g/mol. The molecule has 20 heavy (non-hydrogen) atoms. The van der Waals surface area contributed by atoms with E-state index in [4.69, 9.17) is 22.1 Å². The van der Waals surface area contributed by atoms with Gasteiger partial charge in [0, 0.05) is 33.9 Å². The number of ether oxygens (including phenoxy) is 1. The summed E-state index contributed by atoms with van der Waals surface area (Å²) in [5.41, 5.74) is 7.66. The summed E-state index contributed by atoms with van der Waals surface area (Å²) in [6.07, 6.45) is 3.47. The summed E-state index contributed by atoms with van der Waals surface area (Å²) in [5, 5.41) is 2.52. The van der Waals surface area contributed by atoms with Crippen molar-refractivity contribution in [1.29, 1.82) is 0 Å². The zero-order chi connectivity index (χ0) is 14.1. The highest BCUT2D eigenvalue weighted by atomic mass is 35.5. The van der Waals surface area contributed by atoms with Gasteiger partial charge in [0.05, 0.1) is 0 Å². The molecule has 3 aromatic rings. The van der Waals surface area contributed by atoms with Crippen molar-refractivity contribution >= 4 is 28.1 Å². The van der Waals surface area contributed by atoms with Gasteiger partial charge in [0.15, 0.2) is 0 Å². The highest BCUT2D eigenvalue weighted by Crippen LogP contribution is 2.34. The van der Waals surface area contributed by atoms with E-state index in [9.17, 15) is 0 Å². The highest BCUT2D eigenvalue weighted by Gasteiger charge is 2.08. The summed E-state index contributed by atoms with van der Waals surface area (Å²) in [4.78, 5) is 4.14. The smallest absolute Gasteiger partial charge is 0.136 e. The molecule has 0 saturated heterocycles. The lowest BCUT2D eigenvalue weighted by Gasteiger charge is -2.12. The Kier molecular flexibility index (Phi) is 3.20. The summed E-state index contributed by atoms with van der Waals surface area (Å²) in [6, 6.07) is 11.1. The van der Waals surface area contributed by atoms with Crippen LogP contribution in [0.4, 0.5) is 5.69 Å². The van der Waals surface area contributed by atoms with Crippen molar-refractivity contribution in [1.82, 2.24) is 4.98 Å². The number of anilines is 1. The number of hydrogen-bond acceptors (Lipinski definition) is 3. The summed E-state index contributed by atoms with van der Waals surface area (Å²) >= 11 is 5.95. The second kappa shape index (κ2) is 5.02. The lowest BCUT2D eigenvalue weighted by molar-refractivity contribution is 0.484. The first-order chi connectivity index (χ1) is 9.65. The van der Waals surface area contributed by atoms with Crippen molar-refractivity contribution in [3.8, 4) is 11.5 Å². The van der Waals surface area contributed by atoms with Crippen LogP contribution in [0, 0.1) is 6.92 Å². The summed E-state index contributed by atoms with van der Waals surface area (Å²) < 4.78 is 5.98. The molecule has 0 spiro atoms. The van der Waals surface area contributed by atoms with E-state index in [1.807, 2.05) is 43.3 Å². The number of rotatable bonds is 2. The maximum atomic E-state index is 5.98. The fourth-order valence-corrected chi connectivity index (χ4v) is 2.35. The normalized spacial score (nSPS) is 10.7. The van der Waals surface area contributed by atoms with Crippen LogP contribution >= 0.6 is 11.6 Å². The molecule has 0 aliphatic carbocycles. The molecule has 0 amide bonds. The van der Waals surface area contributed by atoms with Crippen LogP contribution in [-0.4, -0.2) is 4.98 Å². The maximum absolute atomic E-state index is 5.98. The highest BCUT2D eigenvalue weighted by molar-refractivity contribution is 6.30. The minimum absolute atomic E-state index is 0.693. The molecule has 1 aromatic heterocycles. The molecule has 0 fully saturated rings. The van der Waals surface area contributed by atoms with E-state index in [2.05, 4.69) is 4.98 Å². The Morgan fingerprint density at radius 3 is 2.65 bits per heavy atom. The number of halogens is 1. The molecule has 0 radical (unpaired) electrons. The number of nitrogens with zero attached hydrogens (tertiary/aromatic N) is 1. The average Bonchev–Trinajstić information content (AvgIpc) is 2.45. The lowest BCUT2D eigenvalue weighted by atomic mass is 10.1. The third-order valence-corrected chi connectivity index (χ3v) is 3.40. The third kappa shape index (κ3) is 2.28. The molecule has 0 atom stereocenters. The van der Waals surface area contributed by atoms with E-state index in [0.717, 1.165) is 27.8 Å². The van der Waals surface area contributed by atoms with Crippen LogP contribution in [0.15, 0.2) is 48.8 Å². The minimum Gasteiger partial charge on any atom is -0.456 e. The molecule has 0 unspecified atom stereocenters. The number of aryl methyl sites for hydroxylation is 1. The fourth-order valence-electron chi connectivity index (χ4n) is 2.12. The predicted octanol–water partition coefficient (Wildman–Crippen LogP) is 4.57. The summed E-state index contributed by atoms with van der Waals surface area (Å²) in [7, 11) is 0. The van der Waals surface area contributed by atoms with E-state index < -0.39 is 0 Å². The van der Waals surface area contributed by atoms with Gasteiger partial charge in [-0.25, -0.2) is 0 Å². The topological polar surface area (TPSA) is 48.1 Å². The first-order valence-electron chi connectivity index (χ1n) is 6.21. The number of hydrogen-bond donors (Lipinski definition) is 1. The molecule has 1 heterocycles. The van der Waals surface area contributed by atoms with Crippen LogP contribution in [0.25, 0.3) is 10.8 Å². The molecule has 0 saturated carbocycles. The van der Waals surface area contributed by atoms with E-state index in [0.29, 0.717) is 10.7 Å². The van der Waals surface area contributed by atoms with Crippen molar-refractivity contribution in [2.24, 2.45) is 0 Å². The fraction of sp³-hybridized carbons (Fsp3) is 0.0625. The van der Waals surface area contributed by atoms with E-state index in [1.54, 1.807) is 12.4 Å². The van der Waals surface area contributed by atoms with Crippen molar-refractivity contribution < 1.29 is 4.74 Å². The zero-order valence-corrected chi connectivity index (χ0v) is 11.7. The number of fused-ring (bicyclic) bond motifs is 1. The first kappa shape index (κ1) is 12.8. The molecule has 0 aliphatic heterocycles. The molecule has 3 nitrogen and oxygen atoms in total. The van der Waals surface area contributed by atoms with Gasteiger partial charge in [-0.2, -0.15) is 0 Å². The van der Waals surface area contributed by atoms with Gasteiger partial charge >= 0.3 is 0 Å². The second-order valence-electron chi connectivity index (χ2n) is 4.59. The van der Waals surface area contributed by atoms with Gasteiger partial charge in [0.2, 0.25) is 0 Å². The number of benzene rings is 2. The Hall–Kier alpha value is -2.26. The van der Waals surface area contributed by atoms with Crippen LogP contribution in [0.1, 0.15) is 5.56 Å². The van der Waals surface area contributed by atoms with E-state index >= 15 is 0 Å². The Balaban J connectivity index is 2.09. The zero-order valence-electron chi connectivity index (χ0n) is 10.9. The molecule has 0 aliphatic rings. The standard InChI is InChI=1S/C16H13ClN2O/c1-10-8-11(17)2-4-15(10)20-16-5-3-14(18)12-6-7-19-9-13(12)16/h2-9H,18H2,1H3. The molecule has 2 N–H and O–H groups in total. The van der Waals surface area contributed by atoms with Gasteiger partial charge < -0.3 is 10.5 Å². The Morgan fingerprint density at radius 1 is 1.05 bits per heavy atom. The second-order valence-corrected chi connectivity index (χ2v) is 5.02. The third-order valence-electron chi connectivity index (χ3n) is 3.17. The van der Waals surface area contributed by atoms with Gasteiger partial charge in [0.1, 0.15) is 11.5 Å². The van der Waals surface area contributed by atoms with Crippen LogP contribution < -0.4 is 10.5 Å². The SMILES string of the molecule is Cc1cc(Cl)ccc1Oc1ccc(N)c2ccncc12. The largest absolute Gasteiger partial charge is 0.456 e.